The number of aliphatic hydroxyl groups excluding tert-OH is 1. The maximum absolute atomic E-state index is 11.5. The Morgan fingerprint density at radius 1 is 0.724 bits per heavy atom. The van der Waals surface area contributed by atoms with Gasteiger partial charge in [0.1, 0.15) is 17.2 Å². The molecule has 1 spiro atoms. The lowest BCUT2D eigenvalue weighted by Crippen LogP contribution is -2.43. The maximum atomic E-state index is 11.5. The van der Waals surface area contributed by atoms with Gasteiger partial charge < -0.3 is 24.8 Å². The standard InChI is InChI=1S/C35H38O2S.C17H16O3/c1-21-11-10-12-22(2)32(21)38-30-16-25-24(15-29(30)37-7)28(36)17-27-31(25)23-13-8-9-14-26(23)35(27)19-33(3,4)18-34(5,6)20-35;1-3-17(19,14-6-4-13(12-18)5-7-14)15-8-10-16(20-2)11-9-15/h8-17,36H,18-20H2,1-7H3;1,4-11,18-19H,12H2,2H3. The molecule has 58 heavy (non-hydrogen) atoms. The SMILES string of the molecule is C#CC(O)(c1ccc(CO)cc1)c1ccc(OC)cc1.COc1cc2c(O)cc3c(c2cc1Sc1c(C)cccc1C)-c1ccccc1C31CC(C)(C)CC(C)(C)C1. The average molecular weight is 791 g/mol. The van der Waals surface area contributed by atoms with E-state index in [1.54, 1.807) is 74.5 Å². The summed E-state index contributed by atoms with van der Waals surface area (Å²) in [6, 6.07) is 35.7. The van der Waals surface area contributed by atoms with E-state index in [-0.39, 0.29) is 22.9 Å². The van der Waals surface area contributed by atoms with E-state index < -0.39 is 5.60 Å². The molecule has 0 amide bonds. The highest BCUT2D eigenvalue weighted by atomic mass is 32.2. The lowest BCUT2D eigenvalue weighted by Gasteiger charge is -2.51. The van der Waals surface area contributed by atoms with Gasteiger partial charge in [0, 0.05) is 26.8 Å². The molecule has 2 aliphatic carbocycles. The topological polar surface area (TPSA) is 79.2 Å². The molecule has 5 nitrogen and oxygen atoms in total. The molecule has 0 bridgehead atoms. The fourth-order valence-corrected chi connectivity index (χ4v) is 11.3. The number of ether oxygens (including phenoxy) is 2. The van der Waals surface area contributed by atoms with Crippen molar-refractivity contribution in [3.8, 4) is 40.7 Å². The summed E-state index contributed by atoms with van der Waals surface area (Å²) in [4.78, 5) is 2.34. The number of aromatic hydroxyl groups is 1. The highest BCUT2D eigenvalue weighted by Gasteiger charge is 2.53. The smallest absolute Gasteiger partial charge is 0.176 e. The molecule has 0 aliphatic heterocycles. The first-order valence-electron chi connectivity index (χ1n) is 19.9. The van der Waals surface area contributed by atoms with Gasteiger partial charge in [-0.05, 0) is 119 Å². The van der Waals surface area contributed by atoms with Crippen molar-refractivity contribution in [2.45, 2.75) is 88.2 Å². The number of aryl methyl sites for hydroxylation is 2. The summed E-state index contributed by atoms with van der Waals surface area (Å²) in [6.07, 6.45) is 8.90. The van der Waals surface area contributed by atoms with Crippen LogP contribution in [-0.2, 0) is 17.6 Å². The van der Waals surface area contributed by atoms with Crippen LogP contribution in [0, 0.1) is 37.0 Å². The van der Waals surface area contributed by atoms with Crippen LogP contribution in [0.4, 0.5) is 0 Å². The Labute approximate surface area is 348 Å². The van der Waals surface area contributed by atoms with Gasteiger partial charge in [0.2, 0.25) is 0 Å². The van der Waals surface area contributed by atoms with Crippen molar-refractivity contribution in [1.29, 1.82) is 0 Å². The quantitative estimate of drug-likeness (QED) is 0.140. The molecule has 3 N–H and O–H groups in total. The van der Waals surface area contributed by atoms with Crippen LogP contribution >= 0.6 is 11.8 Å². The first kappa shape index (κ1) is 41.0. The number of fused-ring (bicyclic) bond motifs is 7. The zero-order chi connectivity index (χ0) is 41.6. The molecule has 6 aromatic carbocycles. The molecule has 0 aromatic heterocycles. The summed E-state index contributed by atoms with van der Waals surface area (Å²) >= 11 is 1.76. The van der Waals surface area contributed by atoms with Gasteiger partial charge >= 0.3 is 0 Å². The molecule has 8 rings (SSSR count). The van der Waals surface area contributed by atoms with E-state index in [1.165, 1.54) is 44.7 Å². The molecule has 0 radical (unpaired) electrons. The third-order valence-electron chi connectivity index (χ3n) is 12.0. The zero-order valence-corrected chi connectivity index (χ0v) is 35.7. The Balaban J connectivity index is 0.000000216. The Bertz CT molecular complexity index is 2440. The van der Waals surface area contributed by atoms with Crippen LogP contribution in [0.25, 0.3) is 21.9 Å². The highest BCUT2D eigenvalue weighted by Crippen LogP contribution is 2.65. The number of methoxy groups -OCH3 is 2. The second kappa shape index (κ2) is 15.5. The number of aliphatic hydroxyl groups is 2. The lowest BCUT2D eigenvalue weighted by atomic mass is 9.52. The first-order chi connectivity index (χ1) is 27.6. The van der Waals surface area contributed by atoms with Crippen molar-refractivity contribution in [3.05, 3.63) is 148 Å². The van der Waals surface area contributed by atoms with Gasteiger partial charge in [-0.1, -0.05) is 124 Å². The van der Waals surface area contributed by atoms with Gasteiger partial charge in [-0.25, -0.2) is 0 Å². The summed E-state index contributed by atoms with van der Waals surface area (Å²) in [5.74, 6) is 4.27. The van der Waals surface area contributed by atoms with Crippen LogP contribution in [0.2, 0.25) is 0 Å². The molecule has 1 atom stereocenters. The van der Waals surface area contributed by atoms with Gasteiger partial charge in [-0.2, -0.15) is 0 Å². The van der Waals surface area contributed by atoms with Crippen molar-refractivity contribution >= 4 is 22.5 Å². The Morgan fingerprint density at radius 2 is 1.33 bits per heavy atom. The summed E-state index contributed by atoms with van der Waals surface area (Å²) in [5, 5.41) is 33.3. The van der Waals surface area contributed by atoms with Crippen molar-refractivity contribution < 1.29 is 24.8 Å². The van der Waals surface area contributed by atoms with Crippen molar-refractivity contribution in [2.75, 3.05) is 14.2 Å². The molecular weight excluding hydrogens is 737 g/mol. The van der Waals surface area contributed by atoms with Gasteiger partial charge in [-0.3, -0.25) is 0 Å². The Morgan fingerprint density at radius 3 is 1.90 bits per heavy atom. The van der Waals surface area contributed by atoms with E-state index in [0.717, 1.165) is 39.8 Å². The van der Waals surface area contributed by atoms with E-state index in [9.17, 15) is 10.2 Å². The minimum absolute atomic E-state index is 0.0443. The van der Waals surface area contributed by atoms with Crippen molar-refractivity contribution in [1.82, 2.24) is 0 Å². The number of phenols is 1. The molecular formula is C52H54O5S. The van der Waals surface area contributed by atoms with Crippen molar-refractivity contribution in [2.24, 2.45) is 10.8 Å². The molecule has 6 aromatic rings. The Kier molecular flexibility index (Phi) is 11.0. The number of benzene rings is 6. The molecule has 1 unspecified atom stereocenters. The van der Waals surface area contributed by atoms with Crippen LogP contribution < -0.4 is 9.47 Å². The minimum atomic E-state index is -1.50. The van der Waals surface area contributed by atoms with Crippen LogP contribution in [-0.4, -0.2) is 29.5 Å². The van der Waals surface area contributed by atoms with Gasteiger partial charge in [0.05, 0.1) is 25.7 Å². The van der Waals surface area contributed by atoms with Gasteiger partial charge in [-0.15, -0.1) is 6.42 Å². The van der Waals surface area contributed by atoms with E-state index in [1.807, 2.05) is 6.07 Å². The van der Waals surface area contributed by atoms with E-state index in [0.29, 0.717) is 22.6 Å². The maximum Gasteiger partial charge on any atom is 0.176 e. The summed E-state index contributed by atoms with van der Waals surface area (Å²) in [6.45, 7) is 14.0. The predicted octanol–water partition coefficient (Wildman–Crippen LogP) is 11.9. The zero-order valence-electron chi connectivity index (χ0n) is 34.9. The molecule has 6 heteroatoms. The lowest BCUT2D eigenvalue weighted by molar-refractivity contribution is 0.0645. The normalized spacial score (nSPS) is 16.6. The first-order valence-corrected chi connectivity index (χ1v) is 20.7. The summed E-state index contributed by atoms with van der Waals surface area (Å²) < 4.78 is 11.0. The van der Waals surface area contributed by atoms with Crippen LogP contribution in [0.5, 0.6) is 17.2 Å². The molecule has 2 aliphatic rings. The Hall–Kier alpha value is -5.19. The fraction of sp³-hybridized carbons (Fsp3) is 0.308. The van der Waals surface area contributed by atoms with Crippen LogP contribution in [0.15, 0.2) is 119 Å². The number of terminal acetylenes is 1. The molecule has 298 valence electrons. The van der Waals surface area contributed by atoms with Crippen molar-refractivity contribution in [3.63, 3.8) is 0 Å². The molecule has 0 saturated heterocycles. The van der Waals surface area contributed by atoms with E-state index in [4.69, 9.17) is 21.0 Å². The highest BCUT2D eigenvalue weighted by molar-refractivity contribution is 7.99. The van der Waals surface area contributed by atoms with Crippen LogP contribution in [0.3, 0.4) is 0 Å². The van der Waals surface area contributed by atoms with Gasteiger partial charge in [0.15, 0.2) is 5.60 Å². The predicted molar refractivity (Wildman–Crippen MR) is 237 cm³/mol. The fourth-order valence-electron chi connectivity index (χ4n) is 10.2. The second-order valence-corrected chi connectivity index (χ2v) is 18.7. The van der Waals surface area contributed by atoms with E-state index >= 15 is 0 Å². The third kappa shape index (κ3) is 7.37. The molecule has 1 fully saturated rings. The molecule has 0 heterocycles. The number of rotatable bonds is 7. The summed E-state index contributed by atoms with van der Waals surface area (Å²) in [7, 11) is 3.30. The number of phenolic OH excluding ortho intramolecular Hbond substituents is 1. The number of hydrogen-bond donors (Lipinski definition) is 3. The monoisotopic (exact) mass is 790 g/mol. The summed E-state index contributed by atoms with van der Waals surface area (Å²) in [5.41, 5.74) is 8.56. The minimum Gasteiger partial charge on any atom is -0.507 e. The van der Waals surface area contributed by atoms with Gasteiger partial charge in [0.25, 0.3) is 0 Å². The number of hydrogen-bond acceptors (Lipinski definition) is 6. The second-order valence-electron chi connectivity index (χ2n) is 17.6. The molecule has 1 saturated carbocycles. The largest absolute Gasteiger partial charge is 0.507 e. The third-order valence-corrected chi connectivity index (χ3v) is 13.4. The average Bonchev–Trinajstić information content (AvgIpc) is 3.45. The van der Waals surface area contributed by atoms with Crippen LogP contribution in [0.1, 0.15) is 85.9 Å². The van der Waals surface area contributed by atoms with E-state index in [2.05, 4.69) is 102 Å².